The van der Waals surface area contributed by atoms with Crippen molar-refractivity contribution in [3.63, 3.8) is 0 Å². The number of aryl methyl sites for hydroxylation is 1. The molecule has 0 saturated carbocycles. The predicted octanol–water partition coefficient (Wildman–Crippen LogP) is 3.72. The monoisotopic (exact) mass is 428 g/mol. The summed E-state index contributed by atoms with van der Waals surface area (Å²) in [5.41, 5.74) is 4.58. The molecule has 1 aliphatic rings. The highest BCUT2D eigenvalue weighted by atomic mass is 16.2. The molecule has 2 aromatic heterocycles. The number of fused-ring (bicyclic) bond motifs is 2. The molecule has 32 heavy (non-hydrogen) atoms. The maximum Gasteiger partial charge on any atom is 0.245 e. The van der Waals surface area contributed by atoms with Gasteiger partial charge in [-0.15, -0.1) is 0 Å². The molecule has 5 rings (SSSR count). The van der Waals surface area contributed by atoms with Crippen LogP contribution in [0.5, 0.6) is 0 Å². The Hall–Kier alpha value is -3.54. The van der Waals surface area contributed by atoms with Crippen LogP contribution in [0, 0.1) is 0 Å². The first-order valence-corrected chi connectivity index (χ1v) is 11.2. The molecule has 0 radical (unpaired) electrons. The smallest absolute Gasteiger partial charge is 0.245 e. The molecule has 4 aromatic rings. The lowest BCUT2D eigenvalue weighted by molar-refractivity contribution is -0.135. The lowest BCUT2D eigenvalue weighted by Gasteiger charge is -2.24. The van der Waals surface area contributed by atoms with Crippen LogP contribution in [0.4, 0.5) is 0 Å². The summed E-state index contributed by atoms with van der Waals surface area (Å²) in [6, 6.07) is 15.9. The molecule has 2 N–H and O–H groups in total. The van der Waals surface area contributed by atoms with Crippen molar-refractivity contribution < 1.29 is 9.59 Å². The van der Waals surface area contributed by atoms with E-state index in [0.717, 1.165) is 22.9 Å². The maximum absolute atomic E-state index is 13.5. The van der Waals surface area contributed by atoms with Crippen LogP contribution in [0.2, 0.25) is 0 Å². The molecule has 2 atom stereocenters. The van der Waals surface area contributed by atoms with Crippen molar-refractivity contribution in [2.24, 2.45) is 7.05 Å². The Balaban J connectivity index is 1.36. The van der Waals surface area contributed by atoms with Crippen molar-refractivity contribution in [3.8, 4) is 0 Å². The average molecular weight is 429 g/mol. The third-order valence-corrected chi connectivity index (χ3v) is 6.64. The number of nitrogens with one attached hydrogen (secondary N) is 2. The molecule has 3 heterocycles. The number of para-hydroxylation sites is 2. The Morgan fingerprint density at radius 3 is 2.69 bits per heavy atom. The van der Waals surface area contributed by atoms with Crippen LogP contribution in [-0.2, 0) is 23.1 Å². The van der Waals surface area contributed by atoms with Crippen LogP contribution in [0.25, 0.3) is 21.8 Å². The van der Waals surface area contributed by atoms with E-state index in [9.17, 15) is 9.59 Å². The molecule has 0 aliphatic carbocycles. The molecule has 6 heteroatoms. The molecule has 2 amide bonds. The Morgan fingerprint density at radius 1 is 1.12 bits per heavy atom. The van der Waals surface area contributed by atoms with Gasteiger partial charge in [0.25, 0.3) is 0 Å². The minimum Gasteiger partial charge on any atom is -0.361 e. The van der Waals surface area contributed by atoms with Gasteiger partial charge in [-0.25, -0.2) is 0 Å². The van der Waals surface area contributed by atoms with E-state index < -0.39 is 6.04 Å². The fourth-order valence-electron chi connectivity index (χ4n) is 5.10. The van der Waals surface area contributed by atoms with Gasteiger partial charge in [0.2, 0.25) is 11.8 Å². The molecule has 164 valence electrons. The zero-order chi connectivity index (χ0) is 22.2. The number of benzene rings is 2. The van der Waals surface area contributed by atoms with Crippen molar-refractivity contribution in [1.82, 2.24) is 19.8 Å². The fraction of sp³-hybridized carbons (Fsp3) is 0.308. The number of hydrogen-bond acceptors (Lipinski definition) is 2. The topological polar surface area (TPSA) is 70.1 Å². The highest BCUT2D eigenvalue weighted by Crippen LogP contribution is 2.34. The van der Waals surface area contributed by atoms with Crippen molar-refractivity contribution in [2.75, 3.05) is 13.1 Å². The molecule has 0 bridgehead atoms. The largest absolute Gasteiger partial charge is 0.361 e. The number of amides is 2. The summed E-state index contributed by atoms with van der Waals surface area (Å²) >= 11 is 0. The van der Waals surface area contributed by atoms with Gasteiger partial charge in [-0.05, 0) is 29.7 Å². The molecular formula is C26H28N4O2. The molecule has 1 unspecified atom stereocenters. The van der Waals surface area contributed by atoms with E-state index in [1.807, 2.05) is 35.4 Å². The lowest BCUT2D eigenvalue weighted by Crippen LogP contribution is -2.48. The third kappa shape index (κ3) is 3.66. The molecule has 0 spiro atoms. The number of aromatic nitrogens is 2. The van der Waals surface area contributed by atoms with Crippen LogP contribution >= 0.6 is 0 Å². The number of nitrogens with zero attached hydrogens (tertiary/aromatic N) is 2. The summed E-state index contributed by atoms with van der Waals surface area (Å²) in [5.74, 6) is 0.109. The number of likely N-dealkylation sites (tertiary alicyclic amines) is 1. The number of carbonyl (C=O) groups is 2. The van der Waals surface area contributed by atoms with E-state index in [1.165, 1.54) is 23.4 Å². The first kappa shape index (κ1) is 20.4. The zero-order valence-electron chi connectivity index (χ0n) is 18.5. The quantitative estimate of drug-likeness (QED) is 0.509. The Morgan fingerprint density at radius 2 is 1.88 bits per heavy atom. The third-order valence-electron chi connectivity index (χ3n) is 6.64. The van der Waals surface area contributed by atoms with Gasteiger partial charge in [0.1, 0.15) is 6.04 Å². The summed E-state index contributed by atoms with van der Waals surface area (Å²) in [6.07, 6.45) is 5.54. The molecule has 1 fully saturated rings. The SMILES string of the molecule is CC(=O)N[C@@H](Cc1c[nH]c2ccccc12)C(=O)N1CCC(c2cn(C)c3ccccc23)C1. The number of aromatic amines is 1. The Kier molecular flexibility index (Phi) is 5.21. The van der Waals surface area contributed by atoms with Gasteiger partial charge in [-0.1, -0.05) is 36.4 Å². The summed E-state index contributed by atoms with van der Waals surface area (Å²) in [7, 11) is 2.07. The maximum atomic E-state index is 13.5. The molecule has 1 saturated heterocycles. The summed E-state index contributed by atoms with van der Waals surface area (Å²) < 4.78 is 2.16. The highest BCUT2D eigenvalue weighted by molar-refractivity contribution is 5.90. The van der Waals surface area contributed by atoms with E-state index in [1.54, 1.807) is 0 Å². The second kappa shape index (κ2) is 8.19. The second-order valence-corrected chi connectivity index (χ2v) is 8.80. The van der Waals surface area contributed by atoms with Crippen LogP contribution in [0.3, 0.4) is 0 Å². The number of rotatable bonds is 5. The Labute approximate surface area is 187 Å². The van der Waals surface area contributed by atoms with Gasteiger partial charge in [-0.3, -0.25) is 9.59 Å². The standard InChI is InChI=1S/C26H28N4O2/c1-17(31)28-24(13-19-14-27-23-9-5-3-7-20(19)23)26(32)30-12-11-18(15-30)22-16-29(2)25-10-6-4-8-21(22)25/h3-10,14,16,18,24,27H,11-13,15H2,1-2H3,(H,28,31)/t18?,24-/m0/s1. The first-order chi connectivity index (χ1) is 15.5. The highest BCUT2D eigenvalue weighted by Gasteiger charge is 2.33. The first-order valence-electron chi connectivity index (χ1n) is 11.2. The fourth-order valence-corrected chi connectivity index (χ4v) is 5.10. The van der Waals surface area contributed by atoms with Gasteiger partial charge < -0.3 is 19.8 Å². The molecular weight excluding hydrogens is 400 g/mol. The lowest BCUT2D eigenvalue weighted by atomic mass is 9.98. The number of hydrogen-bond donors (Lipinski definition) is 2. The molecule has 6 nitrogen and oxygen atoms in total. The normalized spacial score (nSPS) is 17.2. The van der Waals surface area contributed by atoms with Crippen LogP contribution in [0.1, 0.15) is 30.4 Å². The summed E-state index contributed by atoms with van der Waals surface area (Å²) in [5, 5.41) is 5.24. The molecule has 1 aliphatic heterocycles. The minimum atomic E-state index is -0.571. The van der Waals surface area contributed by atoms with E-state index in [-0.39, 0.29) is 11.8 Å². The van der Waals surface area contributed by atoms with Crippen molar-refractivity contribution >= 4 is 33.6 Å². The van der Waals surface area contributed by atoms with Crippen molar-refractivity contribution in [1.29, 1.82) is 0 Å². The Bertz CT molecular complexity index is 1300. The van der Waals surface area contributed by atoms with Crippen LogP contribution < -0.4 is 5.32 Å². The predicted molar refractivity (Wildman–Crippen MR) is 126 cm³/mol. The average Bonchev–Trinajstić information content (AvgIpc) is 3.51. The van der Waals surface area contributed by atoms with Gasteiger partial charge in [0.05, 0.1) is 0 Å². The van der Waals surface area contributed by atoms with Crippen LogP contribution in [0.15, 0.2) is 60.9 Å². The van der Waals surface area contributed by atoms with Gasteiger partial charge in [-0.2, -0.15) is 0 Å². The minimum absolute atomic E-state index is 0.00628. The summed E-state index contributed by atoms with van der Waals surface area (Å²) in [6.45, 7) is 2.85. The van der Waals surface area contributed by atoms with Gasteiger partial charge in [0.15, 0.2) is 0 Å². The number of H-pyrrole nitrogens is 1. The van der Waals surface area contributed by atoms with Crippen LogP contribution in [-0.4, -0.2) is 45.4 Å². The van der Waals surface area contributed by atoms with Gasteiger partial charge in [0, 0.05) is 73.6 Å². The van der Waals surface area contributed by atoms with E-state index in [2.05, 4.69) is 52.4 Å². The van der Waals surface area contributed by atoms with Crippen molar-refractivity contribution in [2.45, 2.75) is 31.7 Å². The second-order valence-electron chi connectivity index (χ2n) is 8.80. The van der Waals surface area contributed by atoms with E-state index in [4.69, 9.17) is 0 Å². The van der Waals surface area contributed by atoms with Gasteiger partial charge >= 0.3 is 0 Å². The zero-order valence-corrected chi connectivity index (χ0v) is 18.5. The van der Waals surface area contributed by atoms with E-state index in [0.29, 0.717) is 25.4 Å². The number of carbonyl (C=O) groups excluding carboxylic acids is 2. The summed E-state index contributed by atoms with van der Waals surface area (Å²) in [4.78, 5) is 30.6. The van der Waals surface area contributed by atoms with E-state index >= 15 is 0 Å². The molecule has 2 aromatic carbocycles. The van der Waals surface area contributed by atoms with Crippen molar-refractivity contribution in [3.05, 3.63) is 72.1 Å².